The van der Waals surface area contributed by atoms with Gasteiger partial charge in [0, 0.05) is 30.9 Å². The molecule has 0 fully saturated rings. The van der Waals surface area contributed by atoms with Crippen LogP contribution in [0.1, 0.15) is 32.1 Å². The van der Waals surface area contributed by atoms with Gasteiger partial charge in [-0.1, -0.05) is 17.7 Å². The molecule has 11 heteroatoms. The Labute approximate surface area is 189 Å². The summed E-state index contributed by atoms with van der Waals surface area (Å²) in [6, 6.07) is 11.2. The summed E-state index contributed by atoms with van der Waals surface area (Å²) in [5, 5.41) is 7.26. The number of hydrogen-bond donors (Lipinski definition) is 1. The van der Waals surface area contributed by atoms with Gasteiger partial charge in [0.2, 0.25) is 0 Å². The van der Waals surface area contributed by atoms with E-state index in [2.05, 4.69) is 15.4 Å². The third kappa shape index (κ3) is 3.98. The van der Waals surface area contributed by atoms with E-state index in [4.69, 9.17) is 4.74 Å². The minimum Gasteiger partial charge on any atom is -0.464 e. The van der Waals surface area contributed by atoms with Gasteiger partial charge < -0.3 is 10.1 Å². The number of aryl methyl sites for hydroxylation is 1. The second-order valence-electron chi connectivity index (χ2n) is 7.28. The summed E-state index contributed by atoms with van der Waals surface area (Å²) in [5.74, 6) is -1.10. The molecule has 33 heavy (non-hydrogen) atoms. The molecule has 0 atom stereocenters. The van der Waals surface area contributed by atoms with Gasteiger partial charge in [-0.3, -0.25) is 9.48 Å². The van der Waals surface area contributed by atoms with Crippen LogP contribution in [0.2, 0.25) is 0 Å². The minimum atomic E-state index is -3.86. The van der Waals surface area contributed by atoms with E-state index in [-0.39, 0.29) is 28.5 Å². The standard InChI is InChI=1S/C22H21N5O5S/c1-14-4-6-16(7-5-14)33(30,31)27-11-9-17-15(8-10-24-20(17)27)13-26-19(22(29)32-3)12-18(25-26)21(28)23-2/h4-12H,13H2,1-3H3,(H,23,28). The van der Waals surface area contributed by atoms with Crippen LogP contribution in [0, 0.1) is 6.92 Å². The molecule has 4 aromatic rings. The van der Waals surface area contributed by atoms with Crippen molar-refractivity contribution in [3.63, 3.8) is 0 Å². The maximum atomic E-state index is 13.2. The number of nitrogens with zero attached hydrogens (tertiary/aromatic N) is 4. The van der Waals surface area contributed by atoms with E-state index in [1.165, 1.54) is 37.3 Å². The Bertz CT molecular complexity index is 1470. The molecule has 0 aliphatic heterocycles. The molecule has 0 aliphatic carbocycles. The highest BCUT2D eigenvalue weighted by atomic mass is 32.2. The van der Waals surface area contributed by atoms with Gasteiger partial charge in [0.15, 0.2) is 11.3 Å². The number of carbonyl (C=O) groups is 2. The summed E-state index contributed by atoms with van der Waals surface area (Å²) < 4.78 is 33.6. The van der Waals surface area contributed by atoms with E-state index >= 15 is 0 Å². The number of nitrogens with one attached hydrogen (secondary N) is 1. The third-order valence-corrected chi connectivity index (χ3v) is 6.86. The van der Waals surface area contributed by atoms with Crippen LogP contribution in [0.5, 0.6) is 0 Å². The fourth-order valence-corrected chi connectivity index (χ4v) is 4.73. The van der Waals surface area contributed by atoms with Gasteiger partial charge >= 0.3 is 5.97 Å². The van der Waals surface area contributed by atoms with Crippen LogP contribution in [0.4, 0.5) is 0 Å². The van der Waals surface area contributed by atoms with Crippen molar-refractivity contribution in [3.05, 3.63) is 77.4 Å². The molecule has 0 radical (unpaired) electrons. The van der Waals surface area contributed by atoms with Crippen molar-refractivity contribution < 1.29 is 22.7 Å². The zero-order chi connectivity index (χ0) is 23.8. The van der Waals surface area contributed by atoms with Crippen LogP contribution in [-0.4, -0.2) is 53.2 Å². The molecule has 170 valence electrons. The third-order valence-electron chi connectivity index (χ3n) is 5.18. The average molecular weight is 468 g/mol. The topological polar surface area (TPSA) is 125 Å². The van der Waals surface area contributed by atoms with E-state index in [1.54, 1.807) is 36.4 Å². The fraction of sp³-hybridized carbons (Fsp3) is 0.182. The van der Waals surface area contributed by atoms with Crippen LogP contribution in [0.3, 0.4) is 0 Å². The lowest BCUT2D eigenvalue weighted by atomic mass is 10.2. The maximum absolute atomic E-state index is 13.2. The average Bonchev–Trinajstić information content (AvgIpc) is 3.44. The number of aromatic nitrogens is 4. The lowest BCUT2D eigenvalue weighted by molar-refractivity contribution is 0.0587. The van der Waals surface area contributed by atoms with E-state index in [1.807, 2.05) is 6.92 Å². The minimum absolute atomic E-state index is 0.0581. The molecule has 1 aromatic carbocycles. The van der Waals surface area contributed by atoms with Gasteiger partial charge in [-0.15, -0.1) is 0 Å². The van der Waals surface area contributed by atoms with Crippen molar-refractivity contribution >= 4 is 32.9 Å². The lowest BCUT2D eigenvalue weighted by Gasteiger charge is -2.09. The first-order valence-corrected chi connectivity index (χ1v) is 11.4. The van der Waals surface area contributed by atoms with Crippen molar-refractivity contribution in [2.24, 2.45) is 0 Å². The molecule has 3 aromatic heterocycles. The Morgan fingerprint density at radius 2 is 1.85 bits per heavy atom. The quantitative estimate of drug-likeness (QED) is 0.430. The molecule has 0 aliphatic rings. The number of esters is 1. The number of methoxy groups -OCH3 is 1. The van der Waals surface area contributed by atoms with E-state index in [0.29, 0.717) is 10.9 Å². The Hall–Kier alpha value is -3.99. The molecule has 4 rings (SSSR count). The first-order valence-electron chi connectivity index (χ1n) is 9.91. The molecule has 0 saturated heterocycles. The second kappa shape index (κ2) is 8.51. The number of rotatable bonds is 6. The van der Waals surface area contributed by atoms with E-state index in [0.717, 1.165) is 9.54 Å². The molecule has 10 nitrogen and oxygen atoms in total. The highest BCUT2D eigenvalue weighted by Gasteiger charge is 2.23. The number of hydrogen-bond acceptors (Lipinski definition) is 7. The Morgan fingerprint density at radius 3 is 2.52 bits per heavy atom. The van der Waals surface area contributed by atoms with Crippen LogP contribution in [0.25, 0.3) is 11.0 Å². The van der Waals surface area contributed by atoms with E-state index in [9.17, 15) is 18.0 Å². The van der Waals surface area contributed by atoms with Crippen molar-refractivity contribution in [1.82, 2.24) is 24.1 Å². The molecule has 0 saturated carbocycles. The number of amides is 1. The molecule has 3 heterocycles. The number of carbonyl (C=O) groups excluding carboxylic acids is 2. The number of pyridine rings is 1. The highest BCUT2D eigenvalue weighted by molar-refractivity contribution is 7.90. The second-order valence-corrected chi connectivity index (χ2v) is 9.10. The van der Waals surface area contributed by atoms with Gasteiger partial charge in [-0.25, -0.2) is 22.2 Å². The van der Waals surface area contributed by atoms with Crippen LogP contribution >= 0.6 is 0 Å². The first kappa shape index (κ1) is 22.2. The molecule has 1 N–H and O–H groups in total. The normalized spacial score (nSPS) is 11.5. The van der Waals surface area contributed by atoms with Gasteiger partial charge in [0.1, 0.15) is 5.69 Å². The summed E-state index contributed by atoms with van der Waals surface area (Å²) >= 11 is 0. The maximum Gasteiger partial charge on any atom is 0.356 e. The Balaban J connectivity index is 1.78. The first-order chi connectivity index (χ1) is 15.8. The lowest BCUT2D eigenvalue weighted by Crippen LogP contribution is -2.19. The SMILES string of the molecule is CNC(=O)c1cc(C(=O)OC)n(Cc2ccnc3c2ccn3S(=O)(=O)c2ccc(C)cc2)n1. The predicted molar refractivity (Wildman–Crippen MR) is 120 cm³/mol. The molecule has 0 unspecified atom stereocenters. The Morgan fingerprint density at radius 1 is 1.12 bits per heavy atom. The summed E-state index contributed by atoms with van der Waals surface area (Å²) in [4.78, 5) is 28.6. The van der Waals surface area contributed by atoms with Crippen molar-refractivity contribution in [2.45, 2.75) is 18.4 Å². The van der Waals surface area contributed by atoms with E-state index < -0.39 is 21.9 Å². The molecule has 1 amide bonds. The number of ether oxygens (including phenoxy) is 1. The zero-order valence-electron chi connectivity index (χ0n) is 18.1. The molecule has 0 spiro atoms. The summed E-state index contributed by atoms with van der Waals surface area (Å²) in [7, 11) is -1.16. The summed E-state index contributed by atoms with van der Waals surface area (Å²) in [6.07, 6.45) is 2.93. The van der Waals surface area contributed by atoms with Gasteiger partial charge in [-0.05, 0) is 36.8 Å². The highest BCUT2D eigenvalue weighted by Crippen LogP contribution is 2.24. The van der Waals surface area contributed by atoms with Gasteiger partial charge in [-0.2, -0.15) is 5.10 Å². The fourth-order valence-electron chi connectivity index (χ4n) is 3.43. The molecule has 0 bridgehead atoms. The van der Waals surface area contributed by atoms with Crippen LogP contribution in [-0.2, 0) is 21.3 Å². The van der Waals surface area contributed by atoms with Crippen LogP contribution in [0.15, 0.2) is 59.8 Å². The van der Waals surface area contributed by atoms with Gasteiger partial charge in [0.25, 0.3) is 15.9 Å². The van der Waals surface area contributed by atoms with Crippen molar-refractivity contribution in [1.29, 1.82) is 0 Å². The molecular weight excluding hydrogens is 446 g/mol. The van der Waals surface area contributed by atoms with Crippen molar-refractivity contribution in [2.75, 3.05) is 14.2 Å². The number of fused-ring (bicyclic) bond motifs is 1. The zero-order valence-corrected chi connectivity index (χ0v) is 19.0. The van der Waals surface area contributed by atoms with Crippen LogP contribution < -0.4 is 5.32 Å². The van der Waals surface area contributed by atoms with Gasteiger partial charge in [0.05, 0.1) is 18.6 Å². The summed E-state index contributed by atoms with van der Waals surface area (Å²) in [5.41, 5.74) is 2.00. The monoisotopic (exact) mass is 467 g/mol. The Kier molecular flexibility index (Phi) is 5.73. The smallest absolute Gasteiger partial charge is 0.356 e. The predicted octanol–water partition coefficient (Wildman–Crippen LogP) is 1.97. The van der Waals surface area contributed by atoms with Crippen molar-refractivity contribution in [3.8, 4) is 0 Å². The largest absolute Gasteiger partial charge is 0.464 e. The number of benzene rings is 1. The summed E-state index contributed by atoms with van der Waals surface area (Å²) in [6.45, 7) is 1.97. The molecular formula is C22H21N5O5S.